The van der Waals surface area contributed by atoms with Crippen LogP contribution in [0.4, 0.5) is 5.13 Å². The first kappa shape index (κ1) is 17.7. The van der Waals surface area contributed by atoms with E-state index in [2.05, 4.69) is 29.4 Å². The zero-order valence-corrected chi connectivity index (χ0v) is 16.1. The Morgan fingerprint density at radius 2 is 1.96 bits per heavy atom. The third kappa shape index (κ3) is 3.94. The van der Waals surface area contributed by atoms with Crippen molar-refractivity contribution in [3.63, 3.8) is 0 Å². The first-order chi connectivity index (χ1) is 11.8. The quantitative estimate of drug-likeness (QED) is 0.675. The van der Waals surface area contributed by atoms with E-state index in [0.29, 0.717) is 15.9 Å². The number of amides is 1. The van der Waals surface area contributed by atoms with E-state index in [9.17, 15) is 4.79 Å². The zero-order valence-electron chi connectivity index (χ0n) is 14.5. The lowest BCUT2D eigenvalue weighted by Crippen LogP contribution is -2.30. The number of rotatable bonds is 4. The summed E-state index contributed by atoms with van der Waals surface area (Å²) in [6.07, 6.45) is -0.644. The van der Waals surface area contributed by atoms with E-state index >= 15 is 0 Å². The molecule has 1 unspecified atom stereocenters. The Labute approximate surface area is 155 Å². The topological polar surface area (TPSA) is 51.2 Å². The number of thiazole rings is 1. The maximum atomic E-state index is 12.4. The van der Waals surface area contributed by atoms with E-state index in [4.69, 9.17) is 16.3 Å². The highest BCUT2D eigenvalue weighted by molar-refractivity contribution is 7.22. The molecule has 0 spiro atoms. The van der Waals surface area contributed by atoms with Crippen molar-refractivity contribution in [3.05, 3.63) is 52.0 Å². The summed E-state index contributed by atoms with van der Waals surface area (Å²) in [5, 5.41) is 4.07. The number of carbonyl (C=O) groups excluding carboxylic acids is 1. The molecule has 0 fully saturated rings. The van der Waals surface area contributed by atoms with Crippen molar-refractivity contribution in [1.82, 2.24) is 4.98 Å². The summed E-state index contributed by atoms with van der Waals surface area (Å²) in [6.45, 7) is 7.68. The molecule has 0 bridgehead atoms. The first-order valence-electron chi connectivity index (χ1n) is 7.95. The van der Waals surface area contributed by atoms with E-state index < -0.39 is 6.10 Å². The fourth-order valence-electron chi connectivity index (χ4n) is 2.62. The third-order valence-corrected chi connectivity index (χ3v) is 5.02. The molecule has 0 aliphatic carbocycles. The molecule has 4 nitrogen and oxygen atoms in total. The van der Waals surface area contributed by atoms with Crippen molar-refractivity contribution in [3.8, 4) is 5.75 Å². The molecule has 6 heteroatoms. The summed E-state index contributed by atoms with van der Waals surface area (Å²) < 4.78 is 6.82. The van der Waals surface area contributed by atoms with Crippen molar-refractivity contribution in [1.29, 1.82) is 0 Å². The van der Waals surface area contributed by atoms with Gasteiger partial charge in [-0.25, -0.2) is 4.98 Å². The molecule has 3 rings (SSSR count). The highest BCUT2D eigenvalue weighted by atomic mass is 35.5. The number of aryl methyl sites for hydroxylation is 3. The predicted octanol–water partition coefficient (Wildman–Crippen LogP) is 5.28. The summed E-state index contributed by atoms with van der Waals surface area (Å²) in [6, 6.07) is 9.48. The van der Waals surface area contributed by atoms with Gasteiger partial charge in [0.15, 0.2) is 11.2 Å². The Bertz CT molecular complexity index is 952. The van der Waals surface area contributed by atoms with Crippen LogP contribution >= 0.6 is 22.9 Å². The summed E-state index contributed by atoms with van der Waals surface area (Å²) in [5.74, 6) is 0.408. The van der Waals surface area contributed by atoms with Crippen LogP contribution in [-0.2, 0) is 4.79 Å². The lowest BCUT2D eigenvalue weighted by atomic mass is 10.1. The van der Waals surface area contributed by atoms with Crippen molar-refractivity contribution in [2.75, 3.05) is 5.32 Å². The summed E-state index contributed by atoms with van der Waals surface area (Å²) in [5.41, 5.74) is 4.10. The smallest absolute Gasteiger partial charge is 0.266 e. The largest absolute Gasteiger partial charge is 0.481 e. The Morgan fingerprint density at radius 3 is 2.68 bits per heavy atom. The summed E-state index contributed by atoms with van der Waals surface area (Å²) in [7, 11) is 0. The first-order valence-corrected chi connectivity index (χ1v) is 9.14. The van der Waals surface area contributed by atoms with Gasteiger partial charge < -0.3 is 4.74 Å². The van der Waals surface area contributed by atoms with Crippen molar-refractivity contribution in [2.45, 2.75) is 33.8 Å². The molecule has 0 aliphatic rings. The van der Waals surface area contributed by atoms with Gasteiger partial charge in [-0.1, -0.05) is 29.0 Å². The van der Waals surface area contributed by atoms with E-state index in [-0.39, 0.29) is 5.91 Å². The maximum absolute atomic E-state index is 12.4. The van der Waals surface area contributed by atoms with E-state index in [0.717, 1.165) is 21.3 Å². The van der Waals surface area contributed by atoms with Crippen LogP contribution in [0.5, 0.6) is 5.75 Å². The highest BCUT2D eigenvalue weighted by Gasteiger charge is 2.18. The molecule has 25 heavy (non-hydrogen) atoms. The van der Waals surface area contributed by atoms with Crippen LogP contribution in [0.3, 0.4) is 0 Å². The molecule has 0 saturated carbocycles. The van der Waals surface area contributed by atoms with Crippen molar-refractivity contribution in [2.24, 2.45) is 0 Å². The number of anilines is 1. The van der Waals surface area contributed by atoms with Crippen LogP contribution in [0.25, 0.3) is 10.2 Å². The molecule has 1 aromatic heterocycles. The average Bonchev–Trinajstić information content (AvgIpc) is 2.92. The lowest BCUT2D eigenvalue weighted by molar-refractivity contribution is -0.122. The highest BCUT2D eigenvalue weighted by Crippen LogP contribution is 2.29. The molecule has 3 aromatic rings. The second-order valence-corrected chi connectivity index (χ2v) is 7.57. The Morgan fingerprint density at radius 1 is 1.20 bits per heavy atom. The minimum Gasteiger partial charge on any atom is -0.481 e. The SMILES string of the molecule is Cc1cc(C)c2nc(NC(=O)C(C)Oc3ccc(Cl)cc3C)sc2c1. The third-order valence-electron chi connectivity index (χ3n) is 3.87. The molecular formula is C19H19ClN2O2S. The van der Waals surface area contributed by atoms with Gasteiger partial charge >= 0.3 is 0 Å². The monoisotopic (exact) mass is 374 g/mol. The molecule has 0 saturated heterocycles. The van der Waals surface area contributed by atoms with Crippen LogP contribution in [-0.4, -0.2) is 17.0 Å². The Balaban J connectivity index is 1.74. The molecule has 1 heterocycles. The average molecular weight is 375 g/mol. The predicted molar refractivity (Wildman–Crippen MR) is 104 cm³/mol. The van der Waals surface area contributed by atoms with Crippen molar-refractivity contribution < 1.29 is 9.53 Å². The zero-order chi connectivity index (χ0) is 18.1. The maximum Gasteiger partial charge on any atom is 0.266 e. The van der Waals surface area contributed by atoms with Crippen LogP contribution in [0, 0.1) is 20.8 Å². The number of hydrogen-bond acceptors (Lipinski definition) is 4. The summed E-state index contributed by atoms with van der Waals surface area (Å²) >= 11 is 7.41. The van der Waals surface area contributed by atoms with Gasteiger partial charge in [0.05, 0.1) is 10.2 Å². The molecular weight excluding hydrogens is 356 g/mol. The van der Waals surface area contributed by atoms with Gasteiger partial charge in [0, 0.05) is 5.02 Å². The normalized spacial score (nSPS) is 12.2. The van der Waals surface area contributed by atoms with E-state index in [1.807, 2.05) is 13.8 Å². The van der Waals surface area contributed by atoms with Gasteiger partial charge in [0.1, 0.15) is 5.75 Å². The Kier molecular flexibility index (Phi) is 4.97. The van der Waals surface area contributed by atoms with Gasteiger partial charge in [0.2, 0.25) is 0 Å². The number of benzene rings is 2. The minimum absolute atomic E-state index is 0.234. The molecule has 1 N–H and O–H groups in total. The number of nitrogens with one attached hydrogen (secondary N) is 1. The van der Waals surface area contributed by atoms with Crippen LogP contribution in [0.15, 0.2) is 30.3 Å². The number of nitrogens with zero attached hydrogens (tertiary/aromatic N) is 1. The van der Waals surface area contributed by atoms with E-state index in [1.165, 1.54) is 16.9 Å². The second kappa shape index (κ2) is 7.02. The number of carbonyl (C=O) groups is 1. The molecule has 0 aliphatic heterocycles. The van der Waals surface area contributed by atoms with Gasteiger partial charge in [0.25, 0.3) is 5.91 Å². The van der Waals surface area contributed by atoms with Crippen LogP contribution in [0.2, 0.25) is 5.02 Å². The van der Waals surface area contributed by atoms with Crippen molar-refractivity contribution >= 4 is 44.2 Å². The van der Waals surface area contributed by atoms with Gasteiger partial charge in [-0.05, 0) is 68.7 Å². The molecule has 2 aromatic carbocycles. The fourth-order valence-corrected chi connectivity index (χ4v) is 3.89. The standard InChI is InChI=1S/C19H19ClN2O2S/c1-10-7-12(3)17-16(8-10)25-19(21-17)22-18(23)13(4)24-15-6-5-14(20)9-11(15)2/h5-9,13H,1-4H3,(H,21,22,23). The van der Waals surface area contributed by atoms with E-state index in [1.54, 1.807) is 25.1 Å². The van der Waals surface area contributed by atoms with Gasteiger partial charge in [-0.15, -0.1) is 0 Å². The number of aromatic nitrogens is 1. The van der Waals surface area contributed by atoms with Crippen LogP contribution < -0.4 is 10.1 Å². The number of fused-ring (bicyclic) bond motifs is 1. The Hall–Kier alpha value is -2.11. The number of ether oxygens (including phenoxy) is 1. The van der Waals surface area contributed by atoms with Crippen LogP contribution in [0.1, 0.15) is 23.6 Å². The molecule has 1 atom stereocenters. The molecule has 130 valence electrons. The summed E-state index contributed by atoms with van der Waals surface area (Å²) in [4.78, 5) is 17.0. The lowest BCUT2D eigenvalue weighted by Gasteiger charge is -2.15. The fraction of sp³-hybridized carbons (Fsp3) is 0.263. The molecule has 0 radical (unpaired) electrons. The second-order valence-electron chi connectivity index (χ2n) is 6.11. The minimum atomic E-state index is -0.644. The van der Waals surface area contributed by atoms with Gasteiger partial charge in [-0.2, -0.15) is 0 Å². The molecule has 1 amide bonds. The number of halogens is 1. The number of hydrogen-bond donors (Lipinski definition) is 1. The van der Waals surface area contributed by atoms with Gasteiger partial charge in [-0.3, -0.25) is 10.1 Å².